The molecule has 0 aliphatic heterocycles. The van der Waals surface area contributed by atoms with E-state index in [1.54, 1.807) is 30.5 Å². The number of benzene rings is 1. The summed E-state index contributed by atoms with van der Waals surface area (Å²) < 4.78 is 10.4. The number of amides is 1. The van der Waals surface area contributed by atoms with E-state index in [-0.39, 0.29) is 5.91 Å². The van der Waals surface area contributed by atoms with E-state index in [0.29, 0.717) is 22.7 Å². The Balaban J connectivity index is 2.31. The molecule has 20 heavy (non-hydrogen) atoms. The highest BCUT2D eigenvalue weighted by atomic mass is 16.5. The van der Waals surface area contributed by atoms with Gasteiger partial charge in [0.15, 0.2) is 0 Å². The van der Waals surface area contributed by atoms with Gasteiger partial charge in [0, 0.05) is 5.69 Å². The van der Waals surface area contributed by atoms with Gasteiger partial charge in [0.1, 0.15) is 17.1 Å². The minimum atomic E-state index is -0.301. The van der Waals surface area contributed by atoms with Crippen molar-refractivity contribution in [2.24, 2.45) is 0 Å². The molecule has 104 valence electrons. The summed E-state index contributed by atoms with van der Waals surface area (Å²) in [5, 5.41) is 2.77. The average Bonchev–Trinajstić information content (AvgIpc) is 2.48. The maximum atomic E-state index is 12.4. The van der Waals surface area contributed by atoms with E-state index in [0.717, 1.165) is 5.69 Å². The molecule has 2 rings (SSSR count). The van der Waals surface area contributed by atoms with Crippen LogP contribution in [0.25, 0.3) is 0 Å². The molecule has 0 saturated carbocycles. The SMILES string of the molecule is COc1cccc(OC)c1C(=O)Nc1ccc(C)nc1. The van der Waals surface area contributed by atoms with Gasteiger partial charge in [-0.05, 0) is 31.2 Å². The smallest absolute Gasteiger partial charge is 0.263 e. The van der Waals surface area contributed by atoms with E-state index in [2.05, 4.69) is 10.3 Å². The van der Waals surface area contributed by atoms with Gasteiger partial charge in [0.05, 0.1) is 26.1 Å². The number of nitrogens with zero attached hydrogens (tertiary/aromatic N) is 1. The number of hydrogen-bond acceptors (Lipinski definition) is 4. The molecule has 0 radical (unpaired) electrons. The van der Waals surface area contributed by atoms with Gasteiger partial charge in [-0.25, -0.2) is 0 Å². The Labute approximate surface area is 117 Å². The van der Waals surface area contributed by atoms with Gasteiger partial charge in [-0.2, -0.15) is 0 Å². The Kier molecular flexibility index (Phi) is 4.20. The Morgan fingerprint density at radius 3 is 2.25 bits per heavy atom. The van der Waals surface area contributed by atoms with Gasteiger partial charge in [0.25, 0.3) is 5.91 Å². The first-order chi connectivity index (χ1) is 9.65. The Bertz CT molecular complexity index is 587. The van der Waals surface area contributed by atoms with Crippen molar-refractivity contribution in [2.45, 2.75) is 6.92 Å². The van der Waals surface area contributed by atoms with E-state index in [4.69, 9.17) is 9.47 Å². The van der Waals surface area contributed by atoms with Gasteiger partial charge < -0.3 is 14.8 Å². The molecule has 5 heteroatoms. The molecule has 0 unspecified atom stereocenters. The molecular weight excluding hydrogens is 256 g/mol. The van der Waals surface area contributed by atoms with Crippen LogP contribution in [-0.4, -0.2) is 25.1 Å². The molecule has 2 aromatic rings. The summed E-state index contributed by atoms with van der Waals surface area (Å²) in [5.41, 5.74) is 1.87. The summed E-state index contributed by atoms with van der Waals surface area (Å²) in [7, 11) is 3.03. The number of aromatic nitrogens is 1. The summed E-state index contributed by atoms with van der Waals surface area (Å²) in [5.74, 6) is 0.619. The van der Waals surface area contributed by atoms with Crippen LogP contribution in [0.2, 0.25) is 0 Å². The van der Waals surface area contributed by atoms with Gasteiger partial charge in [-0.1, -0.05) is 6.07 Å². The molecule has 0 saturated heterocycles. The lowest BCUT2D eigenvalue weighted by molar-refractivity contribution is 0.102. The highest BCUT2D eigenvalue weighted by molar-refractivity contribution is 6.08. The largest absolute Gasteiger partial charge is 0.496 e. The maximum absolute atomic E-state index is 12.4. The van der Waals surface area contributed by atoms with Crippen LogP contribution in [0, 0.1) is 6.92 Å². The van der Waals surface area contributed by atoms with E-state index >= 15 is 0 Å². The van der Waals surface area contributed by atoms with Crippen molar-refractivity contribution >= 4 is 11.6 Å². The second-order valence-corrected chi connectivity index (χ2v) is 4.18. The molecule has 1 heterocycles. The fourth-order valence-electron chi connectivity index (χ4n) is 1.81. The molecule has 0 aliphatic carbocycles. The zero-order valence-corrected chi connectivity index (χ0v) is 11.6. The molecule has 0 bridgehead atoms. The van der Waals surface area contributed by atoms with Crippen LogP contribution >= 0.6 is 0 Å². The predicted molar refractivity (Wildman–Crippen MR) is 76.5 cm³/mol. The van der Waals surface area contributed by atoms with Crippen molar-refractivity contribution in [3.63, 3.8) is 0 Å². The van der Waals surface area contributed by atoms with Crippen LogP contribution in [0.15, 0.2) is 36.5 Å². The Morgan fingerprint density at radius 1 is 1.10 bits per heavy atom. The van der Waals surface area contributed by atoms with Crippen molar-refractivity contribution in [3.8, 4) is 11.5 Å². The molecular formula is C15H16N2O3. The quantitative estimate of drug-likeness (QED) is 0.929. The number of hydrogen-bond donors (Lipinski definition) is 1. The molecule has 0 aliphatic rings. The second-order valence-electron chi connectivity index (χ2n) is 4.18. The number of carbonyl (C=O) groups is 1. The fourth-order valence-corrected chi connectivity index (χ4v) is 1.81. The lowest BCUT2D eigenvalue weighted by atomic mass is 10.1. The van der Waals surface area contributed by atoms with Crippen LogP contribution in [0.3, 0.4) is 0 Å². The summed E-state index contributed by atoms with van der Waals surface area (Å²) >= 11 is 0. The highest BCUT2D eigenvalue weighted by Crippen LogP contribution is 2.28. The third-order valence-electron chi connectivity index (χ3n) is 2.82. The monoisotopic (exact) mass is 272 g/mol. The van der Waals surface area contributed by atoms with E-state index in [1.807, 2.05) is 13.0 Å². The van der Waals surface area contributed by atoms with Crippen LogP contribution in [-0.2, 0) is 0 Å². The van der Waals surface area contributed by atoms with E-state index < -0.39 is 0 Å². The number of aryl methyl sites for hydroxylation is 1. The lowest BCUT2D eigenvalue weighted by Crippen LogP contribution is -2.14. The molecule has 5 nitrogen and oxygen atoms in total. The summed E-state index contributed by atoms with van der Waals surface area (Å²) in [4.78, 5) is 16.5. The zero-order valence-electron chi connectivity index (χ0n) is 11.6. The third kappa shape index (κ3) is 2.88. The van der Waals surface area contributed by atoms with E-state index in [1.165, 1.54) is 14.2 Å². The number of rotatable bonds is 4. The normalized spacial score (nSPS) is 9.95. The number of ether oxygens (including phenoxy) is 2. The first-order valence-electron chi connectivity index (χ1n) is 6.10. The molecule has 1 N–H and O–H groups in total. The molecule has 1 aromatic heterocycles. The van der Waals surface area contributed by atoms with Crippen LogP contribution in [0.1, 0.15) is 16.1 Å². The first kappa shape index (κ1) is 13.9. The number of nitrogens with one attached hydrogen (secondary N) is 1. The summed E-state index contributed by atoms with van der Waals surface area (Å²) in [6.07, 6.45) is 1.61. The number of methoxy groups -OCH3 is 2. The van der Waals surface area contributed by atoms with Crippen molar-refractivity contribution in [1.29, 1.82) is 0 Å². The predicted octanol–water partition coefficient (Wildman–Crippen LogP) is 2.66. The number of pyridine rings is 1. The second kappa shape index (κ2) is 6.06. The van der Waals surface area contributed by atoms with Gasteiger partial charge in [-0.15, -0.1) is 0 Å². The third-order valence-corrected chi connectivity index (χ3v) is 2.82. The fraction of sp³-hybridized carbons (Fsp3) is 0.200. The van der Waals surface area contributed by atoms with Crippen LogP contribution in [0.4, 0.5) is 5.69 Å². The summed E-state index contributed by atoms with van der Waals surface area (Å²) in [6, 6.07) is 8.81. The van der Waals surface area contributed by atoms with Crippen molar-refractivity contribution in [1.82, 2.24) is 4.98 Å². The number of carbonyl (C=O) groups excluding carboxylic acids is 1. The van der Waals surface area contributed by atoms with Crippen LogP contribution in [0.5, 0.6) is 11.5 Å². The zero-order chi connectivity index (χ0) is 14.5. The Hall–Kier alpha value is -2.56. The Morgan fingerprint density at radius 2 is 1.75 bits per heavy atom. The van der Waals surface area contributed by atoms with E-state index in [9.17, 15) is 4.79 Å². The standard InChI is InChI=1S/C15H16N2O3/c1-10-7-8-11(9-16-10)17-15(18)14-12(19-2)5-4-6-13(14)20-3/h4-9H,1-3H3,(H,17,18). The van der Waals surface area contributed by atoms with Crippen molar-refractivity contribution in [3.05, 3.63) is 47.8 Å². The topological polar surface area (TPSA) is 60.5 Å². The molecule has 0 spiro atoms. The summed E-state index contributed by atoms with van der Waals surface area (Å²) in [6.45, 7) is 1.88. The minimum Gasteiger partial charge on any atom is -0.496 e. The highest BCUT2D eigenvalue weighted by Gasteiger charge is 2.18. The first-order valence-corrected chi connectivity index (χ1v) is 6.10. The molecule has 0 fully saturated rings. The molecule has 1 aromatic carbocycles. The maximum Gasteiger partial charge on any atom is 0.263 e. The van der Waals surface area contributed by atoms with Gasteiger partial charge in [0.2, 0.25) is 0 Å². The minimum absolute atomic E-state index is 0.301. The molecule has 0 atom stereocenters. The van der Waals surface area contributed by atoms with Gasteiger partial charge in [-0.3, -0.25) is 9.78 Å². The number of anilines is 1. The molecule has 1 amide bonds. The van der Waals surface area contributed by atoms with Gasteiger partial charge >= 0.3 is 0 Å². The average molecular weight is 272 g/mol. The van der Waals surface area contributed by atoms with Crippen LogP contribution < -0.4 is 14.8 Å². The van der Waals surface area contributed by atoms with Crippen molar-refractivity contribution in [2.75, 3.05) is 19.5 Å². The lowest BCUT2D eigenvalue weighted by Gasteiger charge is -2.12. The van der Waals surface area contributed by atoms with Crippen molar-refractivity contribution < 1.29 is 14.3 Å².